The van der Waals surface area contributed by atoms with E-state index in [-0.39, 0.29) is 17.1 Å². The van der Waals surface area contributed by atoms with E-state index in [9.17, 15) is 19.7 Å². The predicted molar refractivity (Wildman–Crippen MR) is 117 cm³/mol. The van der Waals surface area contributed by atoms with Crippen LogP contribution in [0, 0.1) is 30.9 Å². The van der Waals surface area contributed by atoms with E-state index in [4.69, 9.17) is 0 Å². The summed E-state index contributed by atoms with van der Waals surface area (Å²) in [7, 11) is 0. The summed E-state index contributed by atoms with van der Waals surface area (Å²) in [6, 6.07) is 11.4. The van der Waals surface area contributed by atoms with E-state index in [2.05, 4.69) is 11.2 Å². The number of carbonyl (C=O) groups is 1. The van der Waals surface area contributed by atoms with Crippen LogP contribution in [0.15, 0.2) is 47.3 Å². The minimum absolute atomic E-state index is 0.158. The quantitative estimate of drug-likeness (QED) is 0.478. The highest BCUT2D eigenvalue weighted by Crippen LogP contribution is 2.32. The van der Waals surface area contributed by atoms with Gasteiger partial charge in [-0.3, -0.25) is 19.7 Å². The van der Waals surface area contributed by atoms with Crippen LogP contribution in [-0.2, 0) is 6.42 Å². The van der Waals surface area contributed by atoms with E-state index in [0.717, 1.165) is 35.2 Å². The molecule has 1 aliphatic rings. The Morgan fingerprint density at radius 1 is 1.10 bits per heavy atom. The minimum atomic E-state index is -0.511. The zero-order valence-corrected chi connectivity index (χ0v) is 17.6. The average molecular weight is 418 g/mol. The second-order valence-electron chi connectivity index (χ2n) is 7.80. The van der Waals surface area contributed by atoms with Gasteiger partial charge in [-0.1, -0.05) is 18.2 Å². The molecule has 0 unspecified atom stereocenters. The standard InChI is InChI=1S/C23H22N4O4/c1-14-11-15(2)17-7-6-10-25(20(17)12-14)23(29)22-21(28)13-16(3)26(24-22)18-8-4-5-9-19(18)27(30)31/h4-5,8-9,11-13H,6-7,10H2,1-3H3. The number of hydrogen-bond acceptors (Lipinski definition) is 5. The summed E-state index contributed by atoms with van der Waals surface area (Å²) in [5.74, 6) is -0.497. The number of aromatic nitrogens is 2. The smallest absolute Gasteiger partial charge is 0.294 e. The lowest BCUT2D eigenvalue weighted by molar-refractivity contribution is -0.384. The number of anilines is 1. The first-order valence-corrected chi connectivity index (χ1v) is 10.0. The number of nitro benzene ring substituents is 1. The number of benzene rings is 2. The zero-order chi connectivity index (χ0) is 22.3. The SMILES string of the molecule is Cc1cc(C)c2c(c1)N(C(=O)c1nn(-c3ccccc3[N+](=O)[O-])c(C)cc1=O)CCC2. The summed E-state index contributed by atoms with van der Waals surface area (Å²) in [5.41, 5.74) is 3.72. The molecule has 0 aliphatic carbocycles. The fourth-order valence-electron chi connectivity index (χ4n) is 4.15. The van der Waals surface area contributed by atoms with Gasteiger partial charge >= 0.3 is 0 Å². The minimum Gasteiger partial charge on any atom is -0.307 e. The van der Waals surface area contributed by atoms with Crippen LogP contribution in [0.1, 0.15) is 39.3 Å². The van der Waals surface area contributed by atoms with Crippen molar-refractivity contribution in [3.8, 4) is 5.69 Å². The molecule has 0 atom stereocenters. The number of fused-ring (bicyclic) bond motifs is 1. The van der Waals surface area contributed by atoms with Gasteiger partial charge in [0.05, 0.1) is 4.92 Å². The number of amides is 1. The summed E-state index contributed by atoms with van der Waals surface area (Å²) in [4.78, 5) is 38.7. The van der Waals surface area contributed by atoms with Gasteiger partial charge in [-0.05, 0) is 62.4 Å². The molecule has 0 saturated heterocycles. The van der Waals surface area contributed by atoms with E-state index in [1.807, 2.05) is 19.9 Å². The van der Waals surface area contributed by atoms with Crippen LogP contribution in [0.4, 0.5) is 11.4 Å². The van der Waals surface area contributed by atoms with E-state index in [1.165, 1.54) is 16.8 Å². The molecule has 8 heteroatoms. The van der Waals surface area contributed by atoms with Crippen molar-refractivity contribution in [2.75, 3.05) is 11.4 Å². The molecule has 2 heterocycles. The highest BCUT2D eigenvalue weighted by Gasteiger charge is 2.28. The number of para-hydroxylation sites is 2. The van der Waals surface area contributed by atoms with Gasteiger partial charge in [0, 0.05) is 30.1 Å². The number of carbonyl (C=O) groups excluding carboxylic acids is 1. The van der Waals surface area contributed by atoms with Crippen LogP contribution in [-0.4, -0.2) is 27.2 Å². The van der Waals surface area contributed by atoms with Crippen LogP contribution in [0.25, 0.3) is 5.69 Å². The third-order valence-electron chi connectivity index (χ3n) is 5.55. The van der Waals surface area contributed by atoms with Crippen LogP contribution in [0.5, 0.6) is 0 Å². The van der Waals surface area contributed by atoms with Gasteiger partial charge in [0.15, 0.2) is 5.69 Å². The molecule has 31 heavy (non-hydrogen) atoms. The third-order valence-corrected chi connectivity index (χ3v) is 5.55. The fraction of sp³-hybridized carbons (Fsp3) is 0.261. The van der Waals surface area contributed by atoms with Crippen molar-refractivity contribution < 1.29 is 9.72 Å². The van der Waals surface area contributed by atoms with E-state index >= 15 is 0 Å². The van der Waals surface area contributed by atoms with Crippen molar-refractivity contribution in [1.82, 2.24) is 9.78 Å². The molecular weight excluding hydrogens is 396 g/mol. The fourth-order valence-corrected chi connectivity index (χ4v) is 4.15. The number of aryl methyl sites for hydroxylation is 3. The van der Waals surface area contributed by atoms with Crippen molar-refractivity contribution >= 4 is 17.3 Å². The molecular formula is C23H22N4O4. The van der Waals surface area contributed by atoms with Gasteiger partial charge in [0.1, 0.15) is 5.69 Å². The topological polar surface area (TPSA) is 98.3 Å². The number of nitrogens with zero attached hydrogens (tertiary/aromatic N) is 4. The Morgan fingerprint density at radius 2 is 1.84 bits per heavy atom. The Morgan fingerprint density at radius 3 is 2.58 bits per heavy atom. The van der Waals surface area contributed by atoms with Gasteiger partial charge in [0.25, 0.3) is 11.6 Å². The predicted octanol–water partition coefficient (Wildman–Crippen LogP) is 3.66. The summed E-state index contributed by atoms with van der Waals surface area (Å²) >= 11 is 0. The summed E-state index contributed by atoms with van der Waals surface area (Å²) in [6.07, 6.45) is 1.65. The van der Waals surface area contributed by atoms with Gasteiger partial charge in [0.2, 0.25) is 5.43 Å². The number of hydrogen-bond donors (Lipinski definition) is 0. The van der Waals surface area contributed by atoms with Gasteiger partial charge < -0.3 is 4.90 Å². The molecule has 0 fully saturated rings. The molecule has 8 nitrogen and oxygen atoms in total. The molecule has 1 aromatic heterocycles. The molecule has 4 rings (SSSR count). The Bertz CT molecular complexity index is 1280. The molecule has 3 aromatic rings. The van der Waals surface area contributed by atoms with Gasteiger partial charge in [-0.15, -0.1) is 0 Å². The van der Waals surface area contributed by atoms with E-state index in [1.54, 1.807) is 30.0 Å². The highest BCUT2D eigenvalue weighted by atomic mass is 16.6. The van der Waals surface area contributed by atoms with Crippen LogP contribution < -0.4 is 10.3 Å². The Kier molecular flexibility index (Phi) is 5.14. The van der Waals surface area contributed by atoms with Gasteiger partial charge in [-0.25, -0.2) is 4.68 Å². The van der Waals surface area contributed by atoms with Crippen molar-refractivity contribution in [2.24, 2.45) is 0 Å². The van der Waals surface area contributed by atoms with Crippen LogP contribution in [0.3, 0.4) is 0 Å². The van der Waals surface area contributed by atoms with Crippen LogP contribution in [0.2, 0.25) is 0 Å². The molecule has 1 amide bonds. The molecule has 0 radical (unpaired) electrons. The summed E-state index contributed by atoms with van der Waals surface area (Å²) in [6.45, 7) is 6.10. The molecule has 0 saturated carbocycles. The normalized spacial score (nSPS) is 13.1. The van der Waals surface area contributed by atoms with Gasteiger partial charge in [-0.2, -0.15) is 5.10 Å². The average Bonchev–Trinajstić information content (AvgIpc) is 2.73. The monoisotopic (exact) mass is 418 g/mol. The first-order chi connectivity index (χ1) is 14.8. The lowest BCUT2D eigenvalue weighted by atomic mass is 9.95. The lowest BCUT2D eigenvalue weighted by Crippen LogP contribution is -2.39. The van der Waals surface area contributed by atoms with E-state index in [0.29, 0.717) is 12.2 Å². The molecule has 158 valence electrons. The zero-order valence-electron chi connectivity index (χ0n) is 17.6. The molecule has 1 aliphatic heterocycles. The lowest BCUT2D eigenvalue weighted by Gasteiger charge is -2.30. The molecule has 2 aromatic carbocycles. The third kappa shape index (κ3) is 3.61. The Balaban J connectivity index is 1.85. The molecule has 0 N–H and O–H groups in total. The van der Waals surface area contributed by atoms with Crippen molar-refractivity contribution in [2.45, 2.75) is 33.6 Å². The second kappa shape index (κ2) is 7.79. The van der Waals surface area contributed by atoms with Crippen molar-refractivity contribution in [1.29, 1.82) is 0 Å². The maximum absolute atomic E-state index is 13.4. The van der Waals surface area contributed by atoms with Crippen LogP contribution >= 0.6 is 0 Å². The Hall–Kier alpha value is -3.81. The first kappa shape index (κ1) is 20.5. The number of nitro groups is 1. The Labute approximate surface area is 178 Å². The highest BCUT2D eigenvalue weighted by molar-refractivity contribution is 6.05. The number of rotatable bonds is 3. The second-order valence-corrected chi connectivity index (χ2v) is 7.80. The molecule has 0 spiro atoms. The van der Waals surface area contributed by atoms with E-state index < -0.39 is 16.3 Å². The largest absolute Gasteiger partial charge is 0.307 e. The maximum Gasteiger partial charge on any atom is 0.294 e. The summed E-state index contributed by atoms with van der Waals surface area (Å²) in [5, 5.41) is 15.8. The van der Waals surface area contributed by atoms with Crippen molar-refractivity contribution in [3.05, 3.63) is 90.9 Å². The summed E-state index contributed by atoms with van der Waals surface area (Å²) < 4.78 is 1.29. The van der Waals surface area contributed by atoms with Crippen molar-refractivity contribution in [3.63, 3.8) is 0 Å². The first-order valence-electron chi connectivity index (χ1n) is 10.0. The molecule has 0 bridgehead atoms. The maximum atomic E-state index is 13.4.